The van der Waals surface area contributed by atoms with E-state index in [0.717, 1.165) is 25.1 Å². The van der Waals surface area contributed by atoms with Crippen molar-refractivity contribution in [3.8, 4) is 0 Å². The standard InChI is InChI=1S/C14H20ClN3O/c1-10-2-3-11(8-16)9-18(10)14(19)17-13-6-4-12(15)5-7-13/h4-7,10-11H,2-3,8-9,16H2,1H3,(H,17,19). The van der Waals surface area contributed by atoms with Gasteiger partial charge < -0.3 is 16.0 Å². The molecule has 1 saturated heterocycles. The highest BCUT2D eigenvalue weighted by molar-refractivity contribution is 6.30. The third-order valence-electron chi connectivity index (χ3n) is 3.67. The van der Waals surface area contributed by atoms with Gasteiger partial charge in [0.1, 0.15) is 0 Å². The van der Waals surface area contributed by atoms with Gasteiger partial charge in [-0.25, -0.2) is 4.79 Å². The van der Waals surface area contributed by atoms with Gasteiger partial charge in [-0.05, 0) is 56.5 Å². The first-order valence-corrected chi connectivity index (χ1v) is 7.01. The van der Waals surface area contributed by atoms with Gasteiger partial charge in [0.15, 0.2) is 0 Å². The average molecular weight is 282 g/mol. The van der Waals surface area contributed by atoms with Crippen LogP contribution in [0.4, 0.5) is 10.5 Å². The van der Waals surface area contributed by atoms with Crippen LogP contribution in [0.3, 0.4) is 0 Å². The Morgan fingerprint density at radius 2 is 2.11 bits per heavy atom. The number of urea groups is 1. The fraction of sp³-hybridized carbons (Fsp3) is 0.500. The number of carbonyl (C=O) groups excluding carboxylic acids is 1. The number of rotatable bonds is 2. The van der Waals surface area contributed by atoms with E-state index in [4.69, 9.17) is 17.3 Å². The number of nitrogens with two attached hydrogens (primary N) is 1. The zero-order chi connectivity index (χ0) is 13.8. The summed E-state index contributed by atoms with van der Waals surface area (Å²) in [7, 11) is 0. The summed E-state index contributed by atoms with van der Waals surface area (Å²) in [5.74, 6) is 0.409. The van der Waals surface area contributed by atoms with E-state index in [1.807, 2.05) is 4.90 Å². The molecule has 1 aromatic rings. The summed E-state index contributed by atoms with van der Waals surface area (Å²) in [5.41, 5.74) is 6.47. The summed E-state index contributed by atoms with van der Waals surface area (Å²) in [4.78, 5) is 14.1. The largest absolute Gasteiger partial charge is 0.330 e. The number of piperidine rings is 1. The molecule has 5 heteroatoms. The zero-order valence-corrected chi connectivity index (χ0v) is 11.9. The van der Waals surface area contributed by atoms with Gasteiger partial charge in [-0.15, -0.1) is 0 Å². The Labute approximate surface area is 118 Å². The number of nitrogens with zero attached hydrogens (tertiary/aromatic N) is 1. The number of carbonyl (C=O) groups is 1. The van der Waals surface area contributed by atoms with Gasteiger partial charge in [0, 0.05) is 23.3 Å². The molecule has 3 N–H and O–H groups in total. The molecule has 0 saturated carbocycles. The zero-order valence-electron chi connectivity index (χ0n) is 11.1. The Balaban J connectivity index is 2.00. The van der Waals surface area contributed by atoms with Crippen molar-refractivity contribution in [2.45, 2.75) is 25.8 Å². The fourth-order valence-electron chi connectivity index (χ4n) is 2.39. The Kier molecular flexibility index (Phi) is 4.66. The number of hydrogen-bond acceptors (Lipinski definition) is 2. The second kappa shape index (κ2) is 6.26. The van der Waals surface area contributed by atoms with Crippen LogP contribution in [0.25, 0.3) is 0 Å². The van der Waals surface area contributed by atoms with Gasteiger partial charge in [0.25, 0.3) is 0 Å². The number of likely N-dealkylation sites (tertiary alicyclic amines) is 1. The predicted molar refractivity (Wildman–Crippen MR) is 78.4 cm³/mol. The van der Waals surface area contributed by atoms with Gasteiger partial charge >= 0.3 is 6.03 Å². The van der Waals surface area contributed by atoms with Crippen LogP contribution in [0.5, 0.6) is 0 Å². The van der Waals surface area contributed by atoms with Crippen molar-refractivity contribution in [1.82, 2.24) is 4.90 Å². The quantitative estimate of drug-likeness (QED) is 0.876. The maximum Gasteiger partial charge on any atom is 0.322 e. The van der Waals surface area contributed by atoms with E-state index in [2.05, 4.69) is 12.2 Å². The van der Waals surface area contributed by atoms with Crippen LogP contribution >= 0.6 is 11.6 Å². The molecule has 4 nitrogen and oxygen atoms in total. The number of amides is 2. The summed E-state index contributed by atoms with van der Waals surface area (Å²) in [6.45, 7) is 3.45. The van der Waals surface area contributed by atoms with E-state index >= 15 is 0 Å². The van der Waals surface area contributed by atoms with E-state index in [9.17, 15) is 4.79 Å². The fourth-order valence-corrected chi connectivity index (χ4v) is 2.51. The van der Waals surface area contributed by atoms with Crippen LogP contribution in [0.2, 0.25) is 5.02 Å². The topological polar surface area (TPSA) is 58.4 Å². The molecule has 2 unspecified atom stereocenters. The molecule has 0 aliphatic carbocycles. The molecule has 0 spiro atoms. The normalized spacial score (nSPS) is 23.2. The summed E-state index contributed by atoms with van der Waals surface area (Å²) < 4.78 is 0. The molecule has 1 aromatic carbocycles. The van der Waals surface area contributed by atoms with Gasteiger partial charge in [0.2, 0.25) is 0 Å². The molecule has 1 fully saturated rings. The SMILES string of the molecule is CC1CCC(CN)CN1C(=O)Nc1ccc(Cl)cc1. The van der Waals surface area contributed by atoms with Gasteiger partial charge in [-0.1, -0.05) is 11.6 Å². The Morgan fingerprint density at radius 3 is 2.74 bits per heavy atom. The van der Waals surface area contributed by atoms with Crippen LogP contribution in [0, 0.1) is 5.92 Å². The molecule has 2 rings (SSSR count). The highest BCUT2D eigenvalue weighted by atomic mass is 35.5. The number of benzene rings is 1. The molecule has 1 aliphatic rings. The minimum Gasteiger partial charge on any atom is -0.330 e. The highest BCUT2D eigenvalue weighted by Crippen LogP contribution is 2.22. The first-order chi connectivity index (χ1) is 9.10. The lowest BCUT2D eigenvalue weighted by molar-refractivity contribution is 0.144. The summed E-state index contributed by atoms with van der Waals surface area (Å²) in [6, 6.07) is 7.33. The minimum atomic E-state index is -0.0621. The Hall–Kier alpha value is -1.26. The van der Waals surface area contributed by atoms with Crippen molar-refractivity contribution < 1.29 is 4.79 Å². The van der Waals surface area contributed by atoms with E-state index in [1.165, 1.54) is 0 Å². The van der Waals surface area contributed by atoms with Crippen LogP contribution in [-0.4, -0.2) is 30.1 Å². The Bertz CT molecular complexity index is 435. The molecular formula is C14H20ClN3O. The van der Waals surface area contributed by atoms with Crippen LogP contribution in [-0.2, 0) is 0 Å². The van der Waals surface area contributed by atoms with Crippen LogP contribution in [0.15, 0.2) is 24.3 Å². The maximum atomic E-state index is 12.3. The lowest BCUT2D eigenvalue weighted by Crippen LogP contribution is -2.48. The van der Waals surface area contributed by atoms with E-state index < -0.39 is 0 Å². The van der Waals surface area contributed by atoms with Crippen LogP contribution < -0.4 is 11.1 Å². The molecular weight excluding hydrogens is 262 g/mol. The first-order valence-electron chi connectivity index (χ1n) is 6.63. The van der Waals surface area contributed by atoms with E-state index in [0.29, 0.717) is 17.5 Å². The molecule has 19 heavy (non-hydrogen) atoms. The van der Waals surface area contributed by atoms with Gasteiger partial charge in [-0.2, -0.15) is 0 Å². The van der Waals surface area contributed by atoms with Crippen molar-refractivity contribution in [3.05, 3.63) is 29.3 Å². The first kappa shape index (κ1) is 14.2. The van der Waals surface area contributed by atoms with Gasteiger partial charge in [0.05, 0.1) is 0 Å². The lowest BCUT2D eigenvalue weighted by Gasteiger charge is -2.37. The third-order valence-corrected chi connectivity index (χ3v) is 3.92. The third kappa shape index (κ3) is 3.61. The predicted octanol–water partition coefficient (Wildman–Crippen LogP) is 2.93. The van der Waals surface area contributed by atoms with Crippen molar-refractivity contribution in [2.75, 3.05) is 18.4 Å². The average Bonchev–Trinajstić information content (AvgIpc) is 2.42. The number of anilines is 1. The van der Waals surface area contributed by atoms with Gasteiger partial charge in [-0.3, -0.25) is 0 Å². The summed E-state index contributed by atoms with van der Waals surface area (Å²) in [6.07, 6.45) is 2.11. The smallest absolute Gasteiger partial charge is 0.322 e. The second-order valence-electron chi connectivity index (χ2n) is 5.12. The number of hydrogen-bond donors (Lipinski definition) is 2. The Morgan fingerprint density at radius 1 is 1.42 bits per heavy atom. The van der Waals surface area contributed by atoms with Crippen molar-refractivity contribution >= 4 is 23.3 Å². The molecule has 2 atom stereocenters. The number of halogens is 1. The van der Waals surface area contributed by atoms with Crippen molar-refractivity contribution in [3.63, 3.8) is 0 Å². The molecule has 1 heterocycles. The molecule has 0 radical (unpaired) electrons. The molecule has 2 amide bonds. The maximum absolute atomic E-state index is 12.3. The molecule has 104 valence electrons. The molecule has 0 aromatic heterocycles. The second-order valence-corrected chi connectivity index (χ2v) is 5.55. The van der Waals surface area contributed by atoms with E-state index in [-0.39, 0.29) is 12.1 Å². The van der Waals surface area contributed by atoms with Crippen LogP contribution in [0.1, 0.15) is 19.8 Å². The van der Waals surface area contributed by atoms with E-state index in [1.54, 1.807) is 24.3 Å². The van der Waals surface area contributed by atoms with Crippen molar-refractivity contribution in [2.24, 2.45) is 11.7 Å². The minimum absolute atomic E-state index is 0.0621. The lowest BCUT2D eigenvalue weighted by atomic mass is 9.94. The summed E-state index contributed by atoms with van der Waals surface area (Å²) in [5, 5.41) is 3.56. The monoisotopic (exact) mass is 281 g/mol. The molecule has 0 bridgehead atoms. The highest BCUT2D eigenvalue weighted by Gasteiger charge is 2.28. The number of nitrogens with one attached hydrogen (secondary N) is 1. The summed E-state index contributed by atoms with van der Waals surface area (Å²) >= 11 is 5.82. The molecule has 1 aliphatic heterocycles. The van der Waals surface area contributed by atoms with Crippen molar-refractivity contribution in [1.29, 1.82) is 0 Å².